The second-order valence-corrected chi connectivity index (χ2v) is 9.31. The molecule has 0 aromatic heterocycles. The van der Waals surface area contributed by atoms with Crippen LogP contribution in [-0.2, 0) is 4.79 Å². The van der Waals surface area contributed by atoms with Crippen LogP contribution in [0.5, 0.6) is 0 Å². The molecular formula is C24H25Cl2N3O. The van der Waals surface area contributed by atoms with Gasteiger partial charge in [-0.25, -0.2) is 0 Å². The molecule has 1 amide bonds. The van der Waals surface area contributed by atoms with E-state index in [2.05, 4.69) is 50.2 Å². The smallest absolute Gasteiger partial charge is 0.266 e. The molecule has 1 aliphatic rings. The largest absolute Gasteiger partial charge is 0.369 e. The van der Waals surface area contributed by atoms with Crippen LogP contribution in [0.4, 0.5) is 11.4 Å². The van der Waals surface area contributed by atoms with Crippen LogP contribution in [0.15, 0.2) is 35.9 Å². The quantitative estimate of drug-likeness (QED) is 0.432. The van der Waals surface area contributed by atoms with Gasteiger partial charge < -0.3 is 10.2 Å². The maximum Gasteiger partial charge on any atom is 0.266 e. The molecule has 30 heavy (non-hydrogen) atoms. The number of nitrogens with one attached hydrogen (secondary N) is 1. The van der Waals surface area contributed by atoms with Gasteiger partial charge in [0, 0.05) is 24.0 Å². The summed E-state index contributed by atoms with van der Waals surface area (Å²) in [4.78, 5) is 15.0. The highest BCUT2D eigenvalue weighted by Crippen LogP contribution is 2.43. The molecule has 0 unspecified atom stereocenters. The van der Waals surface area contributed by atoms with Crippen LogP contribution in [0.3, 0.4) is 0 Å². The summed E-state index contributed by atoms with van der Waals surface area (Å²) < 4.78 is 0. The summed E-state index contributed by atoms with van der Waals surface area (Å²) in [5.74, 6) is -0.103. The zero-order chi connectivity index (χ0) is 22.2. The van der Waals surface area contributed by atoms with Crippen molar-refractivity contribution in [2.75, 3.05) is 17.3 Å². The molecule has 0 fully saturated rings. The molecule has 0 saturated heterocycles. The number of nitrogens with zero attached hydrogens (tertiary/aromatic N) is 2. The fourth-order valence-corrected chi connectivity index (χ4v) is 4.26. The molecule has 0 saturated carbocycles. The van der Waals surface area contributed by atoms with Gasteiger partial charge in [-0.05, 0) is 86.2 Å². The second-order valence-electron chi connectivity index (χ2n) is 8.50. The van der Waals surface area contributed by atoms with E-state index in [1.54, 1.807) is 24.3 Å². The molecule has 6 heteroatoms. The van der Waals surface area contributed by atoms with Gasteiger partial charge in [-0.15, -0.1) is 0 Å². The molecule has 1 aliphatic heterocycles. The van der Waals surface area contributed by atoms with E-state index in [0.717, 1.165) is 17.5 Å². The van der Waals surface area contributed by atoms with Crippen LogP contribution in [0.25, 0.3) is 6.08 Å². The zero-order valence-corrected chi connectivity index (χ0v) is 19.3. The van der Waals surface area contributed by atoms with Gasteiger partial charge in [-0.2, -0.15) is 5.26 Å². The topological polar surface area (TPSA) is 56.1 Å². The Morgan fingerprint density at radius 1 is 1.27 bits per heavy atom. The molecule has 2 aromatic rings. The Morgan fingerprint density at radius 2 is 1.97 bits per heavy atom. The third-order valence-electron chi connectivity index (χ3n) is 5.86. The summed E-state index contributed by atoms with van der Waals surface area (Å²) in [5, 5.41) is 13.0. The third-order valence-corrected chi connectivity index (χ3v) is 6.60. The Labute approximate surface area is 188 Å². The van der Waals surface area contributed by atoms with E-state index < -0.39 is 5.91 Å². The van der Waals surface area contributed by atoms with Crippen LogP contribution in [0, 0.1) is 18.3 Å². The number of benzene rings is 2. The van der Waals surface area contributed by atoms with Crippen molar-refractivity contribution >= 4 is 46.6 Å². The Morgan fingerprint density at radius 3 is 2.60 bits per heavy atom. The van der Waals surface area contributed by atoms with Gasteiger partial charge in [0.25, 0.3) is 5.91 Å². The molecule has 4 nitrogen and oxygen atoms in total. The molecule has 1 atom stereocenters. The highest BCUT2D eigenvalue weighted by atomic mass is 35.5. The molecule has 0 bridgehead atoms. The Hall–Kier alpha value is -2.48. The lowest BCUT2D eigenvalue weighted by Crippen LogP contribution is -2.45. The number of hydrogen-bond donors (Lipinski definition) is 1. The minimum absolute atomic E-state index is 0.0290. The number of fused-ring (bicyclic) bond motifs is 1. The molecule has 3 rings (SSSR count). The molecule has 0 spiro atoms. The van der Waals surface area contributed by atoms with E-state index in [1.807, 2.05) is 13.0 Å². The van der Waals surface area contributed by atoms with Gasteiger partial charge in [0.05, 0.1) is 10.0 Å². The first-order chi connectivity index (χ1) is 14.0. The molecule has 0 radical (unpaired) electrons. The van der Waals surface area contributed by atoms with Crippen molar-refractivity contribution < 1.29 is 4.79 Å². The van der Waals surface area contributed by atoms with E-state index in [4.69, 9.17) is 23.2 Å². The molecule has 0 aliphatic carbocycles. The molecule has 156 valence electrons. The first kappa shape index (κ1) is 22.2. The van der Waals surface area contributed by atoms with Crippen molar-refractivity contribution in [2.45, 2.75) is 45.6 Å². The number of carbonyl (C=O) groups excluding carboxylic acids is 1. The van der Waals surface area contributed by atoms with Crippen LogP contribution >= 0.6 is 23.2 Å². The Kier molecular flexibility index (Phi) is 6.17. The second kappa shape index (κ2) is 8.34. The average molecular weight is 442 g/mol. The lowest BCUT2D eigenvalue weighted by atomic mass is 9.79. The van der Waals surface area contributed by atoms with Crippen molar-refractivity contribution in [1.82, 2.24) is 0 Å². The Balaban J connectivity index is 1.94. The normalized spacial score (nSPS) is 17.9. The monoisotopic (exact) mass is 441 g/mol. The number of aryl methyl sites for hydroxylation is 1. The van der Waals surface area contributed by atoms with E-state index in [1.165, 1.54) is 11.3 Å². The average Bonchev–Trinajstić information content (AvgIpc) is 2.67. The molecular weight excluding hydrogens is 417 g/mol. The molecule has 1 heterocycles. The molecule has 1 N–H and O–H groups in total. The fraction of sp³-hybridized carbons (Fsp3) is 0.333. The number of carbonyl (C=O) groups is 1. The van der Waals surface area contributed by atoms with E-state index in [0.29, 0.717) is 21.7 Å². The summed E-state index contributed by atoms with van der Waals surface area (Å²) in [5.41, 5.74) is 4.91. The summed E-state index contributed by atoms with van der Waals surface area (Å²) in [7, 11) is 2.12. The first-order valence-electron chi connectivity index (χ1n) is 9.80. The van der Waals surface area contributed by atoms with Crippen molar-refractivity contribution in [3.63, 3.8) is 0 Å². The standard InChI is InChI=1S/C24H25Cl2N3O/c1-14-8-22-19(15(2)12-24(3,4)29(22)5)10-16(14)9-17(13-27)23(30)28-18-6-7-20(25)21(26)11-18/h6-11,15H,12H2,1-5H3,(H,28,30)/b17-9-/t15-/m0/s1. The van der Waals surface area contributed by atoms with Crippen LogP contribution in [0.2, 0.25) is 10.0 Å². The van der Waals surface area contributed by atoms with Gasteiger partial charge in [0.2, 0.25) is 0 Å². The van der Waals surface area contributed by atoms with Crippen LogP contribution in [-0.4, -0.2) is 18.5 Å². The van der Waals surface area contributed by atoms with Crippen LogP contribution in [0.1, 0.15) is 49.8 Å². The number of anilines is 2. The number of nitriles is 1. The number of halogens is 2. The van der Waals surface area contributed by atoms with Crippen LogP contribution < -0.4 is 10.2 Å². The maximum atomic E-state index is 12.7. The van der Waals surface area contributed by atoms with Crippen molar-refractivity contribution in [1.29, 1.82) is 5.26 Å². The van der Waals surface area contributed by atoms with E-state index in [-0.39, 0.29) is 11.1 Å². The maximum absolute atomic E-state index is 12.7. The summed E-state index contributed by atoms with van der Waals surface area (Å²) >= 11 is 11.9. The Bertz CT molecular complexity index is 1080. The van der Waals surface area contributed by atoms with Gasteiger partial charge >= 0.3 is 0 Å². The predicted octanol–water partition coefficient (Wildman–Crippen LogP) is 6.57. The summed E-state index contributed by atoms with van der Waals surface area (Å²) in [6, 6.07) is 11.1. The van der Waals surface area contributed by atoms with Crippen molar-refractivity contribution in [3.05, 3.63) is 62.6 Å². The number of hydrogen-bond acceptors (Lipinski definition) is 3. The summed E-state index contributed by atoms with van der Waals surface area (Å²) in [6.07, 6.45) is 2.68. The van der Waals surface area contributed by atoms with Gasteiger partial charge in [-0.1, -0.05) is 30.1 Å². The first-order valence-corrected chi connectivity index (χ1v) is 10.6. The van der Waals surface area contributed by atoms with Crippen molar-refractivity contribution in [2.24, 2.45) is 0 Å². The van der Waals surface area contributed by atoms with Gasteiger partial charge in [0.15, 0.2) is 0 Å². The van der Waals surface area contributed by atoms with E-state index >= 15 is 0 Å². The highest BCUT2D eigenvalue weighted by molar-refractivity contribution is 6.42. The zero-order valence-electron chi connectivity index (χ0n) is 17.8. The summed E-state index contributed by atoms with van der Waals surface area (Å²) in [6.45, 7) is 8.71. The number of rotatable bonds is 3. The SMILES string of the molecule is Cc1cc2c(cc1/C=C(/C#N)C(=O)Nc1ccc(Cl)c(Cl)c1)[C@@H](C)CC(C)(C)N2C. The lowest BCUT2D eigenvalue weighted by molar-refractivity contribution is -0.112. The highest BCUT2D eigenvalue weighted by Gasteiger charge is 2.34. The molecule has 2 aromatic carbocycles. The predicted molar refractivity (Wildman–Crippen MR) is 125 cm³/mol. The van der Waals surface area contributed by atoms with E-state index in [9.17, 15) is 10.1 Å². The van der Waals surface area contributed by atoms with Gasteiger partial charge in [0.1, 0.15) is 11.6 Å². The minimum atomic E-state index is -0.487. The number of amides is 1. The fourth-order valence-electron chi connectivity index (χ4n) is 3.97. The minimum Gasteiger partial charge on any atom is -0.369 e. The lowest BCUT2D eigenvalue weighted by Gasteiger charge is -2.45. The third kappa shape index (κ3) is 4.33. The van der Waals surface area contributed by atoms with Gasteiger partial charge in [-0.3, -0.25) is 4.79 Å². The van der Waals surface area contributed by atoms with Crippen molar-refractivity contribution in [3.8, 4) is 6.07 Å².